The zero-order chi connectivity index (χ0) is 24.6. The molecule has 0 bridgehead atoms. The quantitative estimate of drug-likeness (QED) is 0.293. The van der Waals surface area contributed by atoms with E-state index < -0.39 is 9.84 Å². The topological polar surface area (TPSA) is 64.8 Å². The third-order valence-corrected chi connectivity index (χ3v) is 7.14. The van der Waals surface area contributed by atoms with Gasteiger partial charge in [0.05, 0.1) is 10.4 Å². The lowest BCUT2D eigenvalue weighted by atomic mass is 9.96. The van der Waals surface area contributed by atoms with Crippen molar-refractivity contribution >= 4 is 32.4 Å². The van der Waals surface area contributed by atoms with Gasteiger partial charge in [-0.1, -0.05) is 36.4 Å². The number of benzene rings is 3. The summed E-state index contributed by atoms with van der Waals surface area (Å²) < 4.78 is 25.8. The smallest absolute Gasteiger partial charge is 0.175 e. The highest BCUT2D eigenvalue weighted by molar-refractivity contribution is 7.90. The summed E-state index contributed by atoms with van der Waals surface area (Å²) in [4.78, 5) is 9.49. The largest absolute Gasteiger partial charge is 0.334 e. The minimum absolute atomic E-state index is 0.293. The summed E-state index contributed by atoms with van der Waals surface area (Å²) in [6.07, 6.45) is 8.79. The maximum atomic E-state index is 11.9. The molecular formula is C29H25N3O2S. The van der Waals surface area contributed by atoms with Crippen LogP contribution in [0.25, 0.3) is 33.7 Å². The molecule has 0 N–H and O–H groups in total. The van der Waals surface area contributed by atoms with Crippen molar-refractivity contribution in [3.63, 3.8) is 0 Å². The fourth-order valence-electron chi connectivity index (χ4n) is 4.31. The number of aryl methyl sites for hydroxylation is 2. The van der Waals surface area contributed by atoms with Crippen molar-refractivity contribution in [3.05, 3.63) is 114 Å². The van der Waals surface area contributed by atoms with E-state index in [4.69, 9.17) is 0 Å². The lowest BCUT2D eigenvalue weighted by Crippen LogP contribution is -2.00. The van der Waals surface area contributed by atoms with Crippen molar-refractivity contribution in [2.24, 2.45) is 7.05 Å². The first-order valence-corrected chi connectivity index (χ1v) is 13.1. The molecule has 5 aromatic rings. The van der Waals surface area contributed by atoms with Gasteiger partial charge < -0.3 is 4.57 Å². The molecule has 5 nitrogen and oxygen atoms in total. The number of aromatic nitrogens is 3. The summed E-state index contributed by atoms with van der Waals surface area (Å²) in [5.41, 5.74) is 7.13. The number of imidazole rings is 1. The second-order valence-corrected chi connectivity index (χ2v) is 10.7. The molecule has 0 spiro atoms. The van der Waals surface area contributed by atoms with Crippen LogP contribution in [0.1, 0.15) is 22.5 Å². The van der Waals surface area contributed by atoms with Gasteiger partial charge in [0.2, 0.25) is 0 Å². The number of rotatable bonds is 5. The first-order chi connectivity index (χ1) is 16.8. The van der Waals surface area contributed by atoms with E-state index in [1.165, 1.54) is 11.8 Å². The molecule has 0 saturated heterocycles. The van der Waals surface area contributed by atoms with Gasteiger partial charge in [-0.25, -0.2) is 13.4 Å². The molecule has 5 rings (SSSR count). The third-order valence-electron chi connectivity index (χ3n) is 6.01. The third kappa shape index (κ3) is 4.66. The van der Waals surface area contributed by atoms with Crippen molar-refractivity contribution < 1.29 is 8.42 Å². The van der Waals surface area contributed by atoms with Gasteiger partial charge in [0.25, 0.3) is 0 Å². The Balaban J connectivity index is 1.65. The van der Waals surface area contributed by atoms with Gasteiger partial charge >= 0.3 is 0 Å². The minimum Gasteiger partial charge on any atom is -0.334 e. The maximum Gasteiger partial charge on any atom is 0.175 e. The molecular weight excluding hydrogens is 454 g/mol. The molecule has 2 aromatic heterocycles. The molecule has 0 saturated carbocycles. The van der Waals surface area contributed by atoms with E-state index in [0.29, 0.717) is 4.90 Å². The normalized spacial score (nSPS) is 12.3. The van der Waals surface area contributed by atoms with E-state index in [2.05, 4.69) is 59.4 Å². The van der Waals surface area contributed by atoms with Gasteiger partial charge in [-0.3, -0.25) is 4.98 Å². The molecule has 0 fully saturated rings. The van der Waals surface area contributed by atoms with Crippen LogP contribution in [0.2, 0.25) is 0 Å². The zero-order valence-corrected chi connectivity index (χ0v) is 20.6. The van der Waals surface area contributed by atoms with Crippen LogP contribution in [0.5, 0.6) is 0 Å². The first-order valence-electron chi connectivity index (χ1n) is 11.3. The minimum atomic E-state index is -3.27. The number of nitrogens with zero attached hydrogens (tertiary/aromatic N) is 3. The predicted molar refractivity (Wildman–Crippen MR) is 142 cm³/mol. The molecule has 0 aliphatic rings. The summed E-state index contributed by atoms with van der Waals surface area (Å²) >= 11 is 0. The van der Waals surface area contributed by atoms with Crippen molar-refractivity contribution in [2.45, 2.75) is 11.8 Å². The van der Waals surface area contributed by atoms with Gasteiger partial charge in [0, 0.05) is 48.4 Å². The van der Waals surface area contributed by atoms with E-state index in [1.807, 2.05) is 48.3 Å². The van der Waals surface area contributed by atoms with Crippen molar-refractivity contribution in [2.75, 3.05) is 6.26 Å². The lowest BCUT2D eigenvalue weighted by Gasteiger charge is -2.11. The Bertz CT molecular complexity index is 1680. The number of pyridine rings is 1. The summed E-state index contributed by atoms with van der Waals surface area (Å²) in [6, 6.07) is 23.7. The number of sulfone groups is 1. The molecule has 0 amide bonds. The zero-order valence-electron chi connectivity index (χ0n) is 19.8. The van der Waals surface area contributed by atoms with Crippen LogP contribution in [-0.4, -0.2) is 29.2 Å². The fraction of sp³-hybridized carbons (Fsp3) is 0.103. The van der Waals surface area contributed by atoms with Crippen LogP contribution < -0.4 is 0 Å². The Labute approximate surface area is 205 Å². The second-order valence-electron chi connectivity index (χ2n) is 8.73. The summed E-state index contributed by atoms with van der Waals surface area (Å²) in [6.45, 7) is 2.10. The van der Waals surface area contributed by atoms with Crippen LogP contribution in [0.3, 0.4) is 0 Å². The molecule has 0 atom stereocenters. The molecule has 35 heavy (non-hydrogen) atoms. The maximum absolute atomic E-state index is 11.9. The van der Waals surface area contributed by atoms with Crippen LogP contribution in [0, 0.1) is 6.92 Å². The Hall–Kier alpha value is -4.03. The standard InChI is InChI=1S/C29H25N3O2S/c1-20-16-24-8-5-13-30-28(24)26(17-20)23-7-4-6-21(18-23)19-27(29-31-14-15-32(29)2)22-9-11-25(12-10-22)35(3,33)34/h4-19H,1-3H3/b27-19+. The van der Waals surface area contributed by atoms with E-state index in [9.17, 15) is 8.42 Å². The predicted octanol–water partition coefficient (Wildman–Crippen LogP) is 5.94. The van der Waals surface area contributed by atoms with Crippen molar-refractivity contribution in [1.82, 2.24) is 14.5 Å². The van der Waals surface area contributed by atoms with Crippen molar-refractivity contribution in [3.8, 4) is 11.1 Å². The highest BCUT2D eigenvalue weighted by Crippen LogP contribution is 2.31. The molecule has 0 radical (unpaired) electrons. The van der Waals surface area contributed by atoms with E-state index in [0.717, 1.165) is 44.6 Å². The number of hydrogen-bond donors (Lipinski definition) is 0. The fourth-order valence-corrected chi connectivity index (χ4v) is 4.94. The summed E-state index contributed by atoms with van der Waals surface area (Å²) in [5, 5.41) is 1.11. The van der Waals surface area contributed by atoms with E-state index in [1.54, 1.807) is 18.3 Å². The molecule has 6 heteroatoms. The van der Waals surface area contributed by atoms with Gasteiger partial charge in [-0.15, -0.1) is 0 Å². The molecule has 2 heterocycles. The summed E-state index contributed by atoms with van der Waals surface area (Å²) in [7, 11) is -1.32. The van der Waals surface area contributed by atoms with Gasteiger partial charge in [-0.2, -0.15) is 0 Å². The Kier molecular flexibility index (Phi) is 5.83. The lowest BCUT2D eigenvalue weighted by molar-refractivity contribution is 0.602. The van der Waals surface area contributed by atoms with Gasteiger partial charge in [0.1, 0.15) is 5.82 Å². The number of fused-ring (bicyclic) bond motifs is 1. The Morgan fingerprint density at radius 1 is 0.914 bits per heavy atom. The SMILES string of the molecule is Cc1cc(-c2cccc(/C=C(\c3ccc(S(C)(=O)=O)cc3)c3nccn3C)c2)c2ncccc2c1. The Morgan fingerprint density at radius 3 is 2.43 bits per heavy atom. The second kappa shape index (κ2) is 8.96. The average Bonchev–Trinajstić information content (AvgIpc) is 3.27. The number of hydrogen-bond acceptors (Lipinski definition) is 4. The molecule has 3 aromatic carbocycles. The van der Waals surface area contributed by atoms with Crippen molar-refractivity contribution in [1.29, 1.82) is 0 Å². The van der Waals surface area contributed by atoms with Crippen LogP contribution in [0.15, 0.2) is 96.3 Å². The highest BCUT2D eigenvalue weighted by Gasteiger charge is 2.13. The van der Waals surface area contributed by atoms with Crippen LogP contribution in [-0.2, 0) is 16.9 Å². The monoisotopic (exact) mass is 479 g/mol. The molecule has 0 aliphatic heterocycles. The molecule has 0 aliphatic carbocycles. The molecule has 0 unspecified atom stereocenters. The van der Waals surface area contributed by atoms with Gasteiger partial charge in [-0.05, 0) is 71.7 Å². The van der Waals surface area contributed by atoms with Gasteiger partial charge in [0.15, 0.2) is 9.84 Å². The van der Waals surface area contributed by atoms with E-state index in [-0.39, 0.29) is 0 Å². The average molecular weight is 480 g/mol. The van der Waals surface area contributed by atoms with E-state index >= 15 is 0 Å². The Morgan fingerprint density at radius 2 is 1.71 bits per heavy atom. The highest BCUT2D eigenvalue weighted by atomic mass is 32.2. The first kappa shape index (κ1) is 22.7. The molecule has 174 valence electrons. The van der Waals surface area contributed by atoms with Crippen LogP contribution in [0.4, 0.5) is 0 Å². The van der Waals surface area contributed by atoms with Crippen LogP contribution >= 0.6 is 0 Å². The summed E-state index contributed by atoms with van der Waals surface area (Å²) in [5.74, 6) is 0.796.